The molecule has 0 radical (unpaired) electrons. The fraction of sp³-hybridized carbons (Fsp3) is 0.200. The van der Waals surface area contributed by atoms with Crippen molar-refractivity contribution in [1.82, 2.24) is 0 Å². The van der Waals surface area contributed by atoms with Gasteiger partial charge >= 0.3 is 6.18 Å². The molecule has 0 fully saturated rings. The first-order valence-electron chi connectivity index (χ1n) is 11.8. The summed E-state index contributed by atoms with van der Waals surface area (Å²) in [5, 5.41) is 11.9. The molecule has 192 valence electrons. The van der Waals surface area contributed by atoms with Crippen LogP contribution in [0.4, 0.5) is 24.5 Å². The molecule has 7 heteroatoms. The molecule has 2 aromatic carbocycles. The molecule has 0 aliphatic carbocycles. The van der Waals surface area contributed by atoms with Crippen LogP contribution in [-0.2, 0) is 6.18 Å². The van der Waals surface area contributed by atoms with E-state index in [4.69, 9.17) is 5.41 Å². The maximum atomic E-state index is 13.3. The van der Waals surface area contributed by atoms with Crippen molar-refractivity contribution < 1.29 is 13.2 Å². The lowest BCUT2D eigenvalue weighted by Crippen LogP contribution is -2.33. The summed E-state index contributed by atoms with van der Waals surface area (Å²) in [5.41, 5.74) is 4.44. The number of halogens is 3. The van der Waals surface area contributed by atoms with E-state index in [-0.39, 0.29) is 0 Å². The average Bonchev–Trinajstić information content (AvgIpc) is 2.85. The third kappa shape index (κ3) is 7.19. The SMILES string of the molecule is C=C(Nc1ccc2c(c1)N(C(=N)/C(C)=C/N=C(C)/C=C\C=C/C)CC=C2)c1cc(C)cc(C(F)(F)F)c1. The Bertz CT molecular complexity index is 1340. The highest BCUT2D eigenvalue weighted by molar-refractivity contribution is 6.09. The van der Waals surface area contributed by atoms with Crippen molar-refractivity contribution in [3.63, 3.8) is 0 Å². The molecule has 1 aliphatic heterocycles. The fourth-order valence-corrected chi connectivity index (χ4v) is 3.78. The van der Waals surface area contributed by atoms with Gasteiger partial charge in [0.2, 0.25) is 0 Å². The highest BCUT2D eigenvalue weighted by Crippen LogP contribution is 2.34. The molecule has 1 aliphatic rings. The molecule has 0 amide bonds. The van der Waals surface area contributed by atoms with Gasteiger partial charge < -0.3 is 10.2 Å². The summed E-state index contributed by atoms with van der Waals surface area (Å²) in [6, 6.07) is 9.50. The molecule has 0 aromatic heterocycles. The lowest BCUT2D eigenvalue weighted by molar-refractivity contribution is -0.137. The Morgan fingerprint density at radius 2 is 1.89 bits per heavy atom. The van der Waals surface area contributed by atoms with Crippen molar-refractivity contribution >= 4 is 34.7 Å². The van der Waals surface area contributed by atoms with Crippen LogP contribution in [0.5, 0.6) is 0 Å². The van der Waals surface area contributed by atoms with Crippen LogP contribution < -0.4 is 10.2 Å². The number of nitrogens with zero attached hydrogens (tertiary/aromatic N) is 2. The number of fused-ring (bicyclic) bond motifs is 1. The zero-order chi connectivity index (χ0) is 27.2. The Hall–Kier alpha value is -4.13. The fourth-order valence-electron chi connectivity index (χ4n) is 3.78. The van der Waals surface area contributed by atoms with Crippen LogP contribution in [0.3, 0.4) is 0 Å². The van der Waals surface area contributed by atoms with Crippen LogP contribution in [0.25, 0.3) is 11.8 Å². The molecular weight excluding hydrogens is 473 g/mol. The van der Waals surface area contributed by atoms with Crippen LogP contribution in [0.2, 0.25) is 0 Å². The van der Waals surface area contributed by atoms with E-state index >= 15 is 0 Å². The zero-order valence-corrected chi connectivity index (χ0v) is 21.4. The van der Waals surface area contributed by atoms with Gasteiger partial charge in [0.25, 0.3) is 0 Å². The quantitative estimate of drug-likeness (QED) is 0.226. The van der Waals surface area contributed by atoms with Crippen molar-refractivity contribution in [2.75, 3.05) is 16.8 Å². The molecule has 0 spiro atoms. The number of aryl methyl sites for hydroxylation is 1. The van der Waals surface area contributed by atoms with Gasteiger partial charge in [0.1, 0.15) is 5.84 Å². The number of anilines is 2. The number of allylic oxidation sites excluding steroid dienone is 4. The van der Waals surface area contributed by atoms with Crippen LogP contribution in [0.1, 0.15) is 43.0 Å². The number of alkyl halides is 3. The van der Waals surface area contributed by atoms with Crippen molar-refractivity contribution in [2.45, 2.75) is 33.9 Å². The largest absolute Gasteiger partial charge is 0.416 e. The first-order chi connectivity index (χ1) is 17.5. The van der Waals surface area contributed by atoms with E-state index < -0.39 is 11.7 Å². The van der Waals surface area contributed by atoms with Gasteiger partial charge in [0, 0.05) is 35.4 Å². The van der Waals surface area contributed by atoms with Gasteiger partial charge in [-0.2, -0.15) is 13.2 Å². The van der Waals surface area contributed by atoms with E-state index in [2.05, 4.69) is 16.9 Å². The van der Waals surface area contributed by atoms with E-state index in [9.17, 15) is 13.2 Å². The number of aliphatic imine (C=N–C) groups is 1. The minimum atomic E-state index is -4.43. The van der Waals surface area contributed by atoms with Crippen LogP contribution in [-0.4, -0.2) is 18.1 Å². The number of nitrogens with one attached hydrogen (secondary N) is 2. The molecule has 0 atom stereocenters. The molecular formula is C30H31F3N4. The molecule has 4 nitrogen and oxygen atoms in total. The van der Waals surface area contributed by atoms with Crippen molar-refractivity contribution in [3.05, 3.63) is 107 Å². The third-order valence-electron chi connectivity index (χ3n) is 5.70. The van der Waals surface area contributed by atoms with E-state index in [0.717, 1.165) is 29.1 Å². The van der Waals surface area contributed by atoms with Crippen molar-refractivity contribution in [1.29, 1.82) is 5.41 Å². The van der Waals surface area contributed by atoms with Gasteiger partial charge in [0.15, 0.2) is 0 Å². The molecule has 2 N–H and O–H groups in total. The molecule has 0 saturated carbocycles. The van der Waals surface area contributed by atoms with Crippen LogP contribution >= 0.6 is 0 Å². The Labute approximate surface area is 216 Å². The number of rotatable bonds is 7. The standard InChI is InChI=1S/C30H31F3N4/c1-6-7-8-10-22(4)35-19-21(3)29(34)37-14-9-11-24-12-13-27(18-28(24)37)36-23(5)25-15-20(2)16-26(17-25)30(31,32)33/h6-13,15-19,34,36H,5,14H2,1-4H3/b7-6-,10-8-,21-19+,34-29?,35-22+. The third-order valence-corrected chi connectivity index (χ3v) is 5.70. The second-order valence-corrected chi connectivity index (χ2v) is 8.79. The topological polar surface area (TPSA) is 51.5 Å². The van der Waals surface area contributed by atoms with Gasteiger partial charge in [-0.3, -0.25) is 10.4 Å². The van der Waals surface area contributed by atoms with Gasteiger partial charge in [0.05, 0.1) is 11.3 Å². The molecule has 0 saturated heterocycles. The van der Waals surface area contributed by atoms with Gasteiger partial charge in [-0.25, -0.2) is 0 Å². The highest BCUT2D eigenvalue weighted by atomic mass is 19.4. The molecule has 1 heterocycles. The maximum Gasteiger partial charge on any atom is 0.416 e. The molecule has 0 bridgehead atoms. The Balaban J connectivity index is 1.84. The van der Waals surface area contributed by atoms with Crippen LogP contribution in [0, 0.1) is 12.3 Å². The molecule has 0 unspecified atom stereocenters. The van der Waals surface area contributed by atoms with Crippen molar-refractivity contribution in [2.24, 2.45) is 4.99 Å². The maximum absolute atomic E-state index is 13.3. The normalized spacial score (nSPS) is 14.4. The lowest BCUT2D eigenvalue weighted by Gasteiger charge is -2.29. The summed E-state index contributed by atoms with van der Waals surface area (Å²) in [6.07, 6.45) is 8.86. The molecule has 37 heavy (non-hydrogen) atoms. The van der Waals surface area contributed by atoms with Crippen LogP contribution in [0.15, 0.2) is 90.1 Å². The summed E-state index contributed by atoms with van der Waals surface area (Å²) in [5.74, 6) is 0.309. The predicted molar refractivity (Wildman–Crippen MR) is 150 cm³/mol. The smallest absolute Gasteiger partial charge is 0.355 e. The first-order valence-corrected chi connectivity index (χ1v) is 11.8. The summed E-state index contributed by atoms with van der Waals surface area (Å²) < 4.78 is 39.8. The molecule has 2 aromatic rings. The van der Waals surface area contributed by atoms with Crippen molar-refractivity contribution in [3.8, 4) is 0 Å². The summed E-state index contributed by atoms with van der Waals surface area (Å²) in [7, 11) is 0. The zero-order valence-electron chi connectivity index (χ0n) is 21.4. The second-order valence-electron chi connectivity index (χ2n) is 8.79. The predicted octanol–water partition coefficient (Wildman–Crippen LogP) is 8.40. The monoisotopic (exact) mass is 504 g/mol. The van der Waals surface area contributed by atoms with E-state index in [1.165, 1.54) is 0 Å². The average molecular weight is 505 g/mol. The number of hydrogen-bond acceptors (Lipinski definition) is 3. The lowest BCUT2D eigenvalue weighted by atomic mass is 10.0. The van der Waals surface area contributed by atoms with Gasteiger partial charge in [-0.1, -0.05) is 43.0 Å². The first kappa shape index (κ1) is 27.5. The number of hydrogen-bond donors (Lipinski definition) is 2. The summed E-state index contributed by atoms with van der Waals surface area (Å²) >= 11 is 0. The Morgan fingerprint density at radius 1 is 1.14 bits per heavy atom. The van der Waals surface area contributed by atoms with E-state index in [0.29, 0.717) is 40.5 Å². The Kier molecular flexibility index (Phi) is 8.71. The number of amidine groups is 1. The highest BCUT2D eigenvalue weighted by Gasteiger charge is 2.31. The minimum absolute atomic E-state index is 0.309. The summed E-state index contributed by atoms with van der Waals surface area (Å²) in [4.78, 5) is 6.30. The minimum Gasteiger partial charge on any atom is -0.355 e. The number of benzene rings is 2. The summed E-state index contributed by atoms with van der Waals surface area (Å²) in [6.45, 7) is 11.8. The van der Waals surface area contributed by atoms with E-state index in [1.54, 1.807) is 19.2 Å². The van der Waals surface area contributed by atoms with Gasteiger partial charge in [-0.15, -0.1) is 0 Å². The van der Waals surface area contributed by atoms with E-state index in [1.807, 2.05) is 80.3 Å². The Morgan fingerprint density at radius 3 is 2.59 bits per heavy atom. The molecule has 3 rings (SSSR count). The second kappa shape index (κ2) is 11.7. The van der Waals surface area contributed by atoms with Gasteiger partial charge in [-0.05, 0) is 80.8 Å².